The summed E-state index contributed by atoms with van der Waals surface area (Å²) in [6.45, 7) is 0.746. The summed E-state index contributed by atoms with van der Waals surface area (Å²) in [7, 11) is 0. The van der Waals surface area contributed by atoms with Gasteiger partial charge in [-0.1, -0.05) is 42.5 Å². The van der Waals surface area contributed by atoms with Crippen LogP contribution in [0.1, 0.15) is 22.7 Å². The van der Waals surface area contributed by atoms with Gasteiger partial charge in [0.2, 0.25) is 0 Å². The standard InChI is InChI=1S/C17H18N2O2/c18-15-8-4-3-7-14(15)17-13-6-2-1-5-12(13)9-10-19(17)11-16(20)21/h1-8,17H,9-11,18H2,(H,20,21)/t17-/m0/s1. The van der Waals surface area contributed by atoms with Gasteiger partial charge in [0.05, 0.1) is 12.6 Å². The van der Waals surface area contributed by atoms with E-state index in [0.29, 0.717) is 5.69 Å². The Bertz CT molecular complexity index is 669. The lowest BCUT2D eigenvalue weighted by Gasteiger charge is -2.37. The van der Waals surface area contributed by atoms with Gasteiger partial charge >= 0.3 is 5.97 Å². The molecule has 0 spiro atoms. The summed E-state index contributed by atoms with van der Waals surface area (Å²) < 4.78 is 0. The number of carbonyl (C=O) groups is 1. The summed E-state index contributed by atoms with van der Waals surface area (Å²) in [5, 5.41) is 9.17. The average Bonchev–Trinajstić information content (AvgIpc) is 2.47. The van der Waals surface area contributed by atoms with Crippen molar-refractivity contribution in [2.24, 2.45) is 0 Å². The molecule has 1 aliphatic heterocycles. The highest BCUT2D eigenvalue weighted by atomic mass is 16.4. The van der Waals surface area contributed by atoms with Gasteiger partial charge in [0.1, 0.15) is 0 Å². The maximum absolute atomic E-state index is 11.2. The number of hydrogen-bond donors (Lipinski definition) is 2. The second-order valence-electron chi connectivity index (χ2n) is 5.34. The van der Waals surface area contributed by atoms with Crippen LogP contribution in [0.15, 0.2) is 48.5 Å². The van der Waals surface area contributed by atoms with E-state index in [9.17, 15) is 9.90 Å². The first-order chi connectivity index (χ1) is 10.2. The van der Waals surface area contributed by atoms with Crippen LogP contribution in [0, 0.1) is 0 Å². The summed E-state index contributed by atoms with van der Waals surface area (Å²) in [6, 6.07) is 15.8. The minimum atomic E-state index is -0.811. The third kappa shape index (κ3) is 2.62. The smallest absolute Gasteiger partial charge is 0.317 e. The number of aliphatic carboxylic acids is 1. The van der Waals surface area contributed by atoms with Gasteiger partial charge in [-0.2, -0.15) is 0 Å². The maximum atomic E-state index is 11.2. The lowest BCUT2D eigenvalue weighted by molar-refractivity contribution is -0.138. The zero-order valence-electron chi connectivity index (χ0n) is 11.7. The SMILES string of the molecule is Nc1ccccc1[C@@H]1c2ccccc2CCN1CC(=O)O. The highest BCUT2D eigenvalue weighted by Gasteiger charge is 2.30. The number of carboxylic acid groups (broad SMARTS) is 1. The quantitative estimate of drug-likeness (QED) is 0.848. The minimum Gasteiger partial charge on any atom is -0.480 e. The Balaban J connectivity index is 2.10. The van der Waals surface area contributed by atoms with Crippen molar-refractivity contribution in [2.45, 2.75) is 12.5 Å². The number of para-hydroxylation sites is 1. The lowest BCUT2D eigenvalue weighted by atomic mass is 9.87. The normalized spacial score (nSPS) is 18.2. The number of rotatable bonds is 3. The van der Waals surface area contributed by atoms with Crippen LogP contribution in [0.5, 0.6) is 0 Å². The lowest BCUT2D eigenvalue weighted by Crippen LogP contribution is -2.39. The van der Waals surface area contributed by atoms with Crippen LogP contribution in [-0.4, -0.2) is 29.1 Å². The van der Waals surface area contributed by atoms with Gasteiger partial charge in [-0.15, -0.1) is 0 Å². The van der Waals surface area contributed by atoms with E-state index in [-0.39, 0.29) is 12.6 Å². The van der Waals surface area contributed by atoms with Crippen molar-refractivity contribution in [3.63, 3.8) is 0 Å². The Kier molecular flexibility index (Phi) is 3.62. The summed E-state index contributed by atoms with van der Waals surface area (Å²) in [4.78, 5) is 13.2. The molecule has 1 aliphatic rings. The van der Waals surface area contributed by atoms with Gasteiger partial charge in [-0.05, 0) is 29.2 Å². The van der Waals surface area contributed by atoms with E-state index in [0.717, 1.165) is 24.1 Å². The number of hydrogen-bond acceptors (Lipinski definition) is 3. The van der Waals surface area contributed by atoms with Gasteiger partial charge in [0.15, 0.2) is 0 Å². The van der Waals surface area contributed by atoms with Crippen LogP contribution in [-0.2, 0) is 11.2 Å². The van der Waals surface area contributed by atoms with Crippen molar-refractivity contribution in [1.29, 1.82) is 0 Å². The first-order valence-electron chi connectivity index (χ1n) is 7.05. The molecule has 0 bridgehead atoms. The number of nitrogen functional groups attached to an aromatic ring is 1. The van der Waals surface area contributed by atoms with E-state index in [1.807, 2.05) is 41.3 Å². The van der Waals surface area contributed by atoms with E-state index in [4.69, 9.17) is 5.73 Å². The van der Waals surface area contributed by atoms with Gasteiger partial charge in [0, 0.05) is 12.2 Å². The Hall–Kier alpha value is -2.33. The van der Waals surface area contributed by atoms with Crippen molar-refractivity contribution in [3.8, 4) is 0 Å². The molecule has 4 heteroatoms. The third-order valence-electron chi connectivity index (χ3n) is 4.01. The van der Waals surface area contributed by atoms with Crippen molar-refractivity contribution in [3.05, 3.63) is 65.2 Å². The molecular formula is C17H18N2O2. The summed E-state index contributed by atoms with van der Waals surface area (Å²) in [5.41, 5.74) is 10.2. The van der Waals surface area contributed by atoms with Crippen molar-refractivity contribution in [1.82, 2.24) is 4.90 Å². The Morgan fingerprint density at radius 1 is 1.14 bits per heavy atom. The van der Waals surface area contributed by atoms with Crippen molar-refractivity contribution >= 4 is 11.7 Å². The largest absolute Gasteiger partial charge is 0.480 e. The number of nitrogens with two attached hydrogens (primary N) is 1. The molecule has 1 heterocycles. The summed E-state index contributed by atoms with van der Waals surface area (Å²) in [5.74, 6) is -0.811. The number of anilines is 1. The van der Waals surface area contributed by atoms with Crippen LogP contribution in [0.4, 0.5) is 5.69 Å². The molecule has 0 aromatic heterocycles. The molecule has 2 aromatic carbocycles. The predicted molar refractivity (Wildman–Crippen MR) is 82.1 cm³/mol. The molecule has 1 atom stereocenters. The molecule has 4 nitrogen and oxygen atoms in total. The van der Waals surface area contributed by atoms with Gasteiger partial charge in [0.25, 0.3) is 0 Å². The summed E-state index contributed by atoms with van der Waals surface area (Å²) in [6.07, 6.45) is 0.868. The predicted octanol–water partition coefficient (Wildman–Crippen LogP) is 2.30. The molecule has 0 saturated heterocycles. The molecular weight excluding hydrogens is 264 g/mol. The third-order valence-corrected chi connectivity index (χ3v) is 4.01. The molecule has 0 fully saturated rings. The van der Waals surface area contributed by atoms with E-state index >= 15 is 0 Å². The fraction of sp³-hybridized carbons (Fsp3) is 0.235. The van der Waals surface area contributed by atoms with Gasteiger partial charge < -0.3 is 10.8 Å². The second kappa shape index (κ2) is 5.58. The fourth-order valence-corrected chi connectivity index (χ4v) is 3.09. The van der Waals surface area contributed by atoms with E-state index in [1.165, 1.54) is 5.56 Å². The van der Waals surface area contributed by atoms with Crippen LogP contribution in [0.2, 0.25) is 0 Å². The molecule has 0 aliphatic carbocycles. The molecule has 2 aromatic rings. The molecule has 21 heavy (non-hydrogen) atoms. The zero-order chi connectivity index (χ0) is 14.8. The Morgan fingerprint density at radius 3 is 2.52 bits per heavy atom. The molecule has 3 N–H and O–H groups in total. The first-order valence-corrected chi connectivity index (χ1v) is 7.05. The highest BCUT2D eigenvalue weighted by Crippen LogP contribution is 2.37. The second-order valence-corrected chi connectivity index (χ2v) is 5.34. The van der Waals surface area contributed by atoms with Gasteiger partial charge in [-0.25, -0.2) is 0 Å². The number of fused-ring (bicyclic) bond motifs is 1. The maximum Gasteiger partial charge on any atom is 0.317 e. The van der Waals surface area contributed by atoms with Crippen LogP contribution in [0.3, 0.4) is 0 Å². The molecule has 0 amide bonds. The van der Waals surface area contributed by atoms with E-state index in [2.05, 4.69) is 12.1 Å². The van der Waals surface area contributed by atoms with E-state index in [1.54, 1.807) is 0 Å². The number of nitrogens with zero attached hydrogens (tertiary/aromatic N) is 1. The molecule has 0 unspecified atom stereocenters. The monoisotopic (exact) mass is 282 g/mol. The zero-order valence-corrected chi connectivity index (χ0v) is 11.7. The summed E-state index contributed by atoms with van der Waals surface area (Å²) >= 11 is 0. The average molecular weight is 282 g/mol. The Morgan fingerprint density at radius 2 is 1.81 bits per heavy atom. The Labute approximate surface area is 123 Å². The number of carboxylic acids is 1. The number of benzene rings is 2. The topological polar surface area (TPSA) is 66.6 Å². The minimum absolute atomic E-state index is 0.0212. The fourth-order valence-electron chi connectivity index (χ4n) is 3.09. The molecule has 0 radical (unpaired) electrons. The van der Waals surface area contributed by atoms with Crippen LogP contribution in [0.25, 0.3) is 0 Å². The van der Waals surface area contributed by atoms with Gasteiger partial charge in [-0.3, -0.25) is 9.69 Å². The molecule has 0 saturated carbocycles. The van der Waals surface area contributed by atoms with E-state index < -0.39 is 5.97 Å². The highest BCUT2D eigenvalue weighted by molar-refractivity contribution is 5.69. The first kappa shape index (κ1) is 13.6. The molecule has 108 valence electrons. The van der Waals surface area contributed by atoms with Crippen LogP contribution < -0.4 is 5.73 Å². The molecule has 3 rings (SSSR count). The van der Waals surface area contributed by atoms with Crippen molar-refractivity contribution < 1.29 is 9.90 Å². The van der Waals surface area contributed by atoms with Crippen LogP contribution >= 0.6 is 0 Å². The van der Waals surface area contributed by atoms with Crippen molar-refractivity contribution in [2.75, 3.05) is 18.8 Å².